The molecule has 0 heterocycles. The van der Waals surface area contributed by atoms with Crippen LogP contribution in [0.25, 0.3) is 0 Å². The van der Waals surface area contributed by atoms with Crippen LogP contribution in [-0.2, 0) is 25.7 Å². The van der Waals surface area contributed by atoms with Crippen molar-refractivity contribution in [3.63, 3.8) is 0 Å². The lowest BCUT2D eigenvalue weighted by Crippen LogP contribution is -2.45. The lowest BCUT2D eigenvalue weighted by molar-refractivity contribution is -0.162. The van der Waals surface area contributed by atoms with Crippen molar-refractivity contribution in [2.75, 3.05) is 7.11 Å². The van der Waals surface area contributed by atoms with Crippen LogP contribution in [0.15, 0.2) is 60.7 Å². The van der Waals surface area contributed by atoms with Gasteiger partial charge in [-0.1, -0.05) is 60.7 Å². The summed E-state index contributed by atoms with van der Waals surface area (Å²) >= 11 is 0. The van der Waals surface area contributed by atoms with Crippen LogP contribution in [0.2, 0.25) is 0 Å². The van der Waals surface area contributed by atoms with Crippen molar-refractivity contribution in [1.29, 1.82) is 0 Å². The highest BCUT2D eigenvalue weighted by atomic mass is 16.6. The third kappa shape index (κ3) is 5.14. The summed E-state index contributed by atoms with van der Waals surface area (Å²) in [6, 6.07) is 17.6. The Morgan fingerprint density at radius 1 is 1.12 bits per heavy atom. The zero-order valence-electron chi connectivity index (χ0n) is 13.9. The number of benzene rings is 2. The number of methoxy groups -OCH3 is 1. The number of ether oxygens (including phenoxy) is 2. The Morgan fingerprint density at radius 2 is 1.72 bits per heavy atom. The summed E-state index contributed by atoms with van der Waals surface area (Å²) < 4.78 is 10.4. The molecule has 0 saturated carbocycles. The smallest absolute Gasteiger partial charge is 0.337 e. The zero-order valence-corrected chi connectivity index (χ0v) is 13.9. The van der Waals surface area contributed by atoms with Crippen molar-refractivity contribution in [3.05, 3.63) is 71.8 Å². The fourth-order valence-corrected chi connectivity index (χ4v) is 2.51. The molecule has 2 rings (SSSR count). The number of nitrogens with one attached hydrogen (secondary N) is 1. The van der Waals surface area contributed by atoms with Crippen LogP contribution in [0.1, 0.15) is 17.2 Å². The average molecular weight is 343 g/mol. The molecule has 0 radical (unpaired) electrons. The molecule has 132 valence electrons. The van der Waals surface area contributed by atoms with E-state index >= 15 is 0 Å². The van der Waals surface area contributed by atoms with E-state index in [1.54, 1.807) is 24.3 Å². The second kappa shape index (κ2) is 9.56. The van der Waals surface area contributed by atoms with Crippen molar-refractivity contribution >= 4 is 12.4 Å². The first kappa shape index (κ1) is 18.6. The molecule has 0 aliphatic carbocycles. The molecule has 0 aliphatic heterocycles. The second-order valence-corrected chi connectivity index (χ2v) is 5.40. The first-order valence-electron chi connectivity index (χ1n) is 7.83. The van der Waals surface area contributed by atoms with E-state index in [1.165, 1.54) is 7.11 Å². The van der Waals surface area contributed by atoms with Crippen LogP contribution < -0.4 is 5.32 Å². The summed E-state index contributed by atoms with van der Waals surface area (Å²) in [6.07, 6.45) is -2.05. The number of esters is 1. The zero-order chi connectivity index (χ0) is 18.1. The maximum absolute atomic E-state index is 11.8. The topological polar surface area (TPSA) is 84.9 Å². The summed E-state index contributed by atoms with van der Waals surface area (Å²) in [7, 11) is 1.19. The molecule has 0 aliphatic rings. The molecule has 2 aromatic rings. The molecular weight excluding hydrogens is 322 g/mol. The van der Waals surface area contributed by atoms with Crippen molar-refractivity contribution < 1.29 is 24.2 Å². The lowest BCUT2D eigenvalue weighted by atomic mass is 9.97. The van der Waals surface area contributed by atoms with Gasteiger partial charge in [-0.15, -0.1) is 0 Å². The highest BCUT2D eigenvalue weighted by molar-refractivity contribution is 5.75. The molecule has 6 heteroatoms. The van der Waals surface area contributed by atoms with Gasteiger partial charge in [-0.05, 0) is 11.1 Å². The Balaban J connectivity index is 2.27. The molecule has 6 nitrogen and oxygen atoms in total. The highest BCUT2D eigenvalue weighted by Crippen LogP contribution is 2.23. The van der Waals surface area contributed by atoms with Crippen molar-refractivity contribution in [2.24, 2.45) is 0 Å². The van der Waals surface area contributed by atoms with E-state index in [4.69, 9.17) is 4.74 Å². The quantitative estimate of drug-likeness (QED) is 0.534. The van der Waals surface area contributed by atoms with Crippen molar-refractivity contribution in [1.82, 2.24) is 5.32 Å². The van der Waals surface area contributed by atoms with Crippen LogP contribution in [0.5, 0.6) is 0 Å². The number of amides is 1. The summed E-state index contributed by atoms with van der Waals surface area (Å²) in [4.78, 5) is 22.9. The highest BCUT2D eigenvalue weighted by Gasteiger charge is 2.35. The van der Waals surface area contributed by atoms with Gasteiger partial charge in [-0.3, -0.25) is 4.79 Å². The van der Waals surface area contributed by atoms with Gasteiger partial charge in [0.2, 0.25) is 6.41 Å². The van der Waals surface area contributed by atoms with Gasteiger partial charge in [0, 0.05) is 0 Å². The Hall–Kier alpha value is -2.70. The van der Waals surface area contributed by atoms with Gasteiger partial charge in [0.25, 0.3) is 0 Å². The molecule has 0 fully saturated rings. The van der Waals surface area contributed by atoms with Crippen molar-refractivity contribution in [3.8, 4) is 0 Å². The Morgan fingerprint density at radius 3 is 2.28 bits per heavy atom. The molecule has 1 amide bonds. The van der Waals surface area contributed by atoms with E-state index in [1.807, 2.05) is 36.4 Å². The number of carbonyl (C=O) groups is 2. The summed E-state index contributed by atoms with van der Waals surface area (Å²) in [6.45, 7) is 0.170. The molecule has 2 N–H and O–H groups in total. The number of carbonyl (C=O) groups excluding carboxylic acids is 2. The standard InChI is InChI=1S/C19H21NO5/c1-24-19(23)17(22)18(25-12-14-8-4-2-5-9-14)16(20-13-21)15-10-6-3-7-11-15/h2-11,13,16-18,22H,12H2,1H3,(H,20,21). The SMILES string of the molecule is COC(=O)C(O)C(OCc1ccccc1)C(NC=O)c1ccccc1. The molecule has 3 unspecified atom stereocenters. The Bertz CT molecular complexity index is 662. The number of aliphatic hydroxyl groups is 1. The van der Waals surface area contributed by atoms with E-state index in [9.17, 15) is 14.7 Å². The van der Waals surface area contributed by atoms with Gasteiger partial charge in [0.15, 0.2) is 6.10 Å². The molecule has 0 bridgehead atoms. The minimum Gasteiger partial charge on any atom is -0.467 e. The van der Waals surface area contributed by atoms with Gasteiger partial charge in [0.1, 0.15) is 6.10 Å². The molecule has 0 saturated heterocycles. The maximum atomic E-state index is 11.8. The maximum Gasteiger partial charge on any atom is 0.337 e. The largest absolute Gasteiger partial charge is 0.467 e. The first-order chi connectivity index (χ1) is 12.2. The molecule has 0 aromatic heterocycles. The van der Waals surface area contributed by atoms with E-state index < -0.39 is 24.2 Å². The Labute approximate surface area is 146 Å². The van der Waals surface area contributed by atoms with E-state index in [-0.39, 0.29) is 6.61 Å². The fourth-order valence-electron chi connectivity index (χ4n) is 2.51. The van der Waals surface area contributed by atoms with Gasteiger partial charge in [-0.2, -0.15) is 0 Å². The number of aliphatic hydroxyl groups excluding tert-OH is 1. The van der Waals surface area contributed by atoms with Crippen LogP contribution in [0.3, 0.4) is 0 Å². The third-order valence-corrected chi connectivity index (χ3v) is 3.77. The molecule has 3 atom stereocenters. The lowest BCUT2D eigenvalue weighted by Gasteiger charge is -2.29. The third-order valence-electron chi connectivity index (χ3n) is 3.77. The van der Waals surface area contributed by atoms with Gasteiger partial charge >= 0.3 is 5.97 Å². The van der Waals surface area contributed by atoms with E-state index in [0.29, 0.717) is 12.0 Å². The molecule has 25 heavy (non-hydrogen) atoms. The number of hydrogen-bond donors (Lipinski definition) is 2. The fraction of sp³-hybridized carbons (Fsp3) is 0.263. The monoisotopic (exact) mass is 343 g/mol. The van der Waals surface area contributed by atoms with E-state index in [2.05, 4.69) is 10.1 Å². The van der Waals surface area contributed by atoms with Crippen molar-refractivity contribution in [2.45, 2.75) is 24.9 Å². The normalized spacial score (nSPS) is 14.2. The predicted octanol–water partition coefficient (Wildman–Crippen LogP) is 1.59. The van der Waals surface area contributed by atoms with E-state index in [0.717, 1.165) is 5.56 Å². The summed E-state index contributed by atoms with van der Waals surface area (Å²) in [5.41, 5.74) is 1.58. The summed E-state index contributed by atoms with van der Waals surface area (Å²) in [5.74, 6) is -0.827. The van der Waals surface area contributed by atoms with Gasteiger partial charge < -0.3 is 19.9 Å². The van der Waals surface area contributed by atoms with Crippen LogP contribution >= 0.6 is 0 Å². The van der Waals surface area contributed by atoms with Crippen LogP contribution in [-0.4, -0.2) is 36.8 Å². The van der Waals surface area contributed by atoms with Crippen LogP contribution in [0.4, 0.5) is 0 Å². The molecule has 2 aromatic carbocycles. The number of hydrogen-bond acceptors (Lipinski definition) is 5. The van der Waals surface area contributed by atoms with Crippen LogP contribution in [0, 0.1) is 0 Å². The first-order valence-corrected chi connectivity index (χ1v) is 7.83. The Kier molecular flexibility index (Phi) is 7.13. The minimum atomic E-state index is -1.55. The molecule has 0 spiro atoms. The number of rotatable bonds is 9. The summed E-state index contributed by atoms with van der Waals surface area (Å²) in [5, 5.41) is 13.0. The average Bonchev–Trinajstić information content (AvgIpc) is 2.67. The molecular formula is C19H21NO5. The predicted molar refractivity (Wildman–Crippen MR) is 91.4 cm³/mol. The minimum absolute atomic E-state index is 0.170. The second-order valence-electron chi connectivity index (χ2n) is 5.40. The van der Waals surface area contributed by atoms with Gasteiger partial charge in [-0.25, -0.2) is 4.79 Å². The van der Waals surface area contributed by atoms with Gasteiger partial charge in [0.05, 0.1) is 19.8 Å².